The van der Waals surface area contributed by atoms with Gasteiger partial charge in [-0.25, -0.2) is 15.0 Å². The number of aromatic nitrogens is 4. The molecule has 31 heavy (non-hydrogen) atoms. The van der Waals surface area contributed by atoms with Gasteiger partial charge in [-0.3, -0.25) is 9.56 Å². The topological polar surface area (TPSA) is 108 Å². The van der Waals surface area contributed by atoms with Crippen molar-refractivity contribution in [2.75, 3.05) is 12.8 Å². The number of nitrogen functional groups attached to an aromatic ring is 1. The highest BCUT2D eigenvalue weighted by Gasteiger charge is 2.20. The van der Waals surface area contributed by atoms with Crippen LogP contribution in [0.5, 0.6) is 0 Å². The van der Waals surface area contributed by atoms with Gasteiger partial charge in [0.15, 0.2) is 11.5 Å². The second kappa shape index (κ2) is 7.68. The summed E-state index contributed by atoms with van der Waals surface area (Å²) in [5.74, 6) is 1.14. The standard InChI is InChI=1S/C24H23N7/c1-27-13-11-19(25)20-9-10-21-24(29-20)31(17-8-7-15-4-2-5-16(15)14-17)23(30-21)18-6-3-12-28-22(18)26/h3,6-14H,2,4-5,25H2,1H3,(H2,26,28)/b19-11-,27-13?. The molecular weight excluding hydrogens is 386 g/mol. The average Bonchev–Trinajstić information content (AvgIpc) is 3.41. The lowest BCUT2D eigenvalue weighted by Gasteiger charge is -2.12. The number of pyridine rings is 2. The minimum Gasteiger partial charge on any atom is -0.397 e. The van der Waals surface area contributed by atoms with Gasteiger partial charge in [-0.15, -0.1) is 0 Å². The molecule has 0 spiro atoms. The molecule has 0 saturated carbocycles. The van der Waals surface area contributed by atoms with Crippen LogP contribution >= 0.6 is 0 Å². The lowest BCUT2D eigenvalue weighted by atomic mass is 10.1. The van der Waals surface area contributed by atoms with Crippen molar-refractivity contribution in [1.82, 2.24) is 19.5 Å². The number of nitrogens with zero attached hydrogens (tertiary/aromatic N) is 5. The Labute approximate surface area is 180 Å². The predicted octanol–water partition coefficient (Wildman–Crippen LogP) is 3.55. The van der Waals surface area contributed by atoms with Crippen molar-refractivity contribution in [3.63, 3.8) is 0 Å². The highest BCUT2D eigenvalue weighted by Crippen LogP contribution is 2.32. The molecule has 154 valence electrons. The molecule has 7 heteroatoms. The summed E-state index contributed by atoms with van der Waals surface area (Å²) >= 11 is 0. The first kappa shape index (κ1) is 19.0. The van der Waals surface area contributed by atoms with Crippen molar-refractivity contribution in [3.05, 3.63) is 71.6 Å². The van der Waals surface area contributed by atoms with Gasteiger partial charge in [-0.1, -0.05) is 6.07 Å². The molecular formula is C24H23N7. The number of hydrogen-bond acceptors (Lipinski definition) is 6. The van der Waals surface area contributed by atoms with Gasteiger partial charge < -0.3 is 11.5 Å². The van der Waals surface area contributed by atoms with Gasteiger partial charge in [-0.05, 0) is 72.9 Å². The first-order chi connectivity index (χ1) is 15.2. The number of benzene rings is 1. The van der Waals surface area contributed by atoms with Gasteiger partial charge >= 0.3 is 0 Å². The fraction of sp³-hybridized carbons (Fsp3) is 0.167. The summed E-state index contributed by atoms with van der Waals surface area (Å²) in [5.41, 5.74) is 19.7. The summed E-state index contributed by atoms with van der Waals surface area (Å²) in [6.45, 7) is 0. The second-order valence-electron chi connectivity index (χ2n) is 7.58. The maximum absolute atomic E-state index is 6.22. The Bertz CT molecular complexity index is 1350. The summed E-state index contributed by atoms with van der Waals surface area (Å²) in [6, 6.07) is 14.2. The van der Waals surface area contributed by atoms with Crippen LogP contribution in [0.15, 0.2) is 59.7 Å². The largest absolute Gasteiger partial charge is 0.397 e. The molecule has 0 fully saturated rings. The van der Waals surface area contributed by atoms with Crippen LogP contribution in [0, 0.1) is 0 Å². The molecule has 1 aromatic carbocycles. The summed E-state index contributed by atoms with van der Waals surface area (Å²) in [4.78, 5) is 18.0. The summed E-state index contributed by atoms with van der Waals surface area (Å²) in [7, 11) is 1.70. The van der Waals surface area contributed by atoms with Crippen molar-refractivity contribution in [2.45, 2.75) is 19.3 Å². The zero-order valence-electron chi connectivity index (χ0n) is 17.3. The average molecular weight is 409 g/mol. The number of imidazole rings is 1. The van der Waals surface area contributed by atoms with Crippen LogP contribution < -0.4 is 11.5 Å². The highest BCUT2D eigenvalue weighted by molar-refractivity contribution is 5.86. The first-order valence-electron chi connectivity index (χ1n) is 10.3. The number of nitrogens with two attached hydrogens (primary N) is 2. The van der Waals surface area contributed by atoms with Crippen LogP contribution in [0.25, 0.3) is 33.9 Å². The van der Waals surface area contributed by atoms with Gasteiger partial charge in [0.05, 0.1) is 17.0 Å². The number of hydrogen-bond donors (Lipinski definition) is 2. The predicted molar refractivity (Wildman–Crippen MR) is 125 cm³/mol. The Hall–Kier alpha value is -4.00. The van der Waals surface area contributed by atoms with E-state index in [9.17, 15) is 0 Å². The fourth-order valence-corrected chi connectivity index (χ4v) is 4.09. The zero-order chi connectivity index (χ0) is 21.4. The maximum Gasteiger partial charge on any atom is 0.165 e. The highest BCUT2D eigenvalue weighted by atomic mass is 15.1. The van der Waals surface area contributed by atoms with Crippen LogP contribution in [-0.2, 0) is 12.8 Å². The maximum atomic E-state index is 6.22. The third-order valence-electron chi connectivity index (χ3n) is 5.62. The lowest BCUT2D eigenvalue weighted by Crippen LogP contribution is -2.04. The van der Waals surface area contributed by atoms with Crippen LogP contribution in [0.2, 0.25) is 0 Å². The van der Waals surface area contributed by atoms with Crippen molar-refractivity contribution in [2.24, 2.45) is 10.7 Å². The molecule has 0 saturated heterocycles. The van der Waals surface area contributed by atoms with E-state index in [0.29, 0.717) is 23.0 Å². The van der Waals surface area contributed by atoms with E-state index in [4.69, 9.17) is 21.4 Å². The molecule has 3 aromatic heterocycles. The smallest absolute Gasteiger partial charge is 0.165 e. The fourth-order valence-electron chi connectivity index (χ4n) is 4.09. The number of aryl methyl sites for hydroxylation is 2. The van der Waals surface area contributed by atoms with Crippen molar-refractivity contribution >= 4 is 28.9 Å². The van der Waals surface area contributed by atoms with Gasteiger partial charge in [0.25, 0.3) is 0 Å². The van der Waals surface area contributed by atoms with E-state index in [-0.39, 0.29) is 0 Å². The minimum atomic E-state index is 0.430. The van der Waals surface area contributed by atoms with E-state index in [1.54, 1.807) is 25.5 Å². The Kier molecular flexibility index (Phi) is 4.71. The number of allylic oxidation sites excluding steroid dienone is 1. The lowest BCUT2D eigenvalue weighted by molar-refractivity contribution is 0.911. The van der Waals surface area contributed by atoms with E-state index in [2.05, 4.69) is 28.2 Å². The van der Waals surface area contributed by atoms with E-state index < -0.39 is 0 Å². The van der Waals surface area contributed by atoms with Gasteiger partial charge in [0.1, 0.15) is 11.3 Å². The molecule has 5 rings (SSSR count). The molecule has 0 amide bonds. The van der Waals surface area contributed by atoms with Gasteiger partial charge in [0, 0.05) is 25.1 Å². The Morgan fingerprint density at radius 2 is 1.97 bits per heavy atom. The quantitative estimate of drug-likeness (QED) is 0.501. The van der Waals surface area contributed by atoms with Crippen LogP contribution in [0.4, 0.5) is 5.82 Å². The number of fused-ring (bicyclic) bond motifs is 2. The van der Waals surface area contributed by atoms with Gasteiger partial charge in [-0.2, -0.15) is 0 Å². The van der Waals surface area contributed by atoms with E-state index in [1.807, 2.05) is 28.8 Å². The summed E-state index contributed by atoms with van der Waals surface area (Å²) in [5, 5.41) is 0. The zero-order valence-corrected chi connectivity index (χ0v) is 17.3. The molecule has 0 bridgehead atoms. The second-order valence-corrected chi connectivity index (χ2v) is 7.58. The first-order valence-corrected chi connectivity index (χ1v) is 10.3. The molecule has 0 atom stereocenters. The monoisotopic (exact) mass is 409 g/mol. The molecule has 7 nitrogen and oxygen atoms in total. The van der Waals surface area contributed by atoms with E-state index in [0.717, 1.165) is 35.3 Å². The molecule has 0 radical (unpaired) electrons. The van der Waals surface area contributed by atoms with Crippen molar-refractivity contribution in [3.8, 4) is 17.1 Å². The molecule has 1 aliphatic rings. The van der Waals surface area contributed by atoms with Crippen molar-refractivity contribution in [1.29, 1.82) is 0 Å². The Morgan fingerprint density at radius 3 is 2.81 bits per heavy atom. The van der Waals surface area contributed by atoms with Crippen LogP contribution in [0.3, 0.4) is 0 Å². The van der Waals surface area contributed by atoms with Crippen molar-refractivity contribution < 1.29 is 0 Å². The van der Waals surface area contributed by atoms with Crippen LogP contribution in [0.1, 0.15) is 23.2 Å². The van der Waals surface area contributed by atoms with E-state index in [1.165, 1.54) is 17.5 Å². The Morgan fingerprint density at radius 1 is 1.10 bits per heavy atom. The number of rotatable bonds is 4. The van der Waals surface area contributed by atoms with Gasteiger partial charge in [0.2, 0.25) is 0 Å². The molecule has 4 aromatic rings. The molecule has 0 unspecified atom stereocenters. The van der Waals surface area contributed by atoms with Crippen LogP contribution in [-0.4, -0.2) is 32.8 Å². The molecule has 1 aliphatic carbocycles. The normalized spacial score (nSPS) is 13.9. The van der Waals surface area contributed by atoms with E-state index >= 15 is 0 Å². The summed E-state index contributed by atoms with van der Waals surface area (Å²) < 4.78 is 2.05. The summed E-state index contributed by atoms with van der Waals surface area (Å²) in [6.07, 6.45) is 8.48. The third kappa shape index (κ3) is 3.34. The third-order valence-corrected chi connectivity index (χ3v) is 5.62. The minimum absolute atomic E-state index is 0.430. The SMILES string of the molecule is CN=C/C=C(\N)c1ccc2nc(-c3cccnc3N)n(-c3ccc4c(c3)CCC4)c2n1. The Balaban J connectivity index is 1.78. The number of aliphatic imine (C=N–C) groups is 1. The number of anilines is 1. The molecule has 0 aliphatic heterocycles. The molecule has 3 heterocycles. The molecule has 4 N–H and O–H groups in total.